The third kappa shape index (κ3) is 3.66. The summed E-state index contributed by atoms with van der Waals surface area (Å²) in [6.45, 7) is 2.18. The van der Waals surface area contributed by atoms with Crippen LogP contribution in [-0.2, 0) is 0 Å². The molecule has 1 atom stereocenters. The van der Waals surface area contributed by atoms with E-state index in [4.69, 9.17) is 0 Å². The molecule has 1 N–H and O–H groups in total. The molecule has 0 aromatic carbocycles. The Kier molecular flexibility index (Phi) is 4.71. The van der Waals surface area contributed by atoms with Crippen LogP contribution >= 0.6 is 0 Å². The molecule has 1 saturated carbocycles. The van der Waals surface area contributed by atoms with Crippen molar-refractivity contribution in [2.75, 3.05) is 5.32 Å². The zero-order chi connectivity index (χ0) is 13.7. The van der Waals surface area contributed by atoms with Crippen molar-refractivity contribution < 1.29 is 4.92 Å². The van der Waals surface area contributed by atoms with Crippen LogP contribution in [0.25, 0.3) is 0 Å². The Hall–Kier alpha value is -1.65. The molecule has 2 rings (SSSR count). The SMILES string of the molecule is CCC(Nc1ccc([N+](=O)[O-])cn1)C1CCCCC1. The van der Waals surface area contributed by atoms with E-state index in [1.165, 1.54) is 44.4 Å². The van der Waals surface area contributed by atoms with E-state index in [2.05, 4.69) is 17.2 Å². The van der Waals surface area contributed by atoms with Crippen molar-refractivity contribution in [3.63, 3.8) is 0 Å². The van der Waals surface area contributed by atoms with Crippen LogP contribution in [0, 0.1) is 16.0 Å². The average molecular weight is 263 g/mol. The van der Waals surface area contributed by atoms with Gasteiger partial charge in [-0.3, -0.25) is 10.1 Å². The molecule has 5 nitrogen and oxygen atoms in total. The maximum atomic E-state index is 10.6. The lowest BCUT2D eigenvalue weighted by atomic mass is 9.83. The van der Waals surface area contributed by atoms with Gasteiger partial charge in [0.1, 0.15) is 12.0 Å². The topological polar surface area (TPSA) is 68.1 Å². The van der Waals surface area contributed by atoms with Gasteiger partial charge in [0.2, 0.25) is 0 Å². The summed E-state index contributed by atoms with van der Waals surface area (Å²) in [6, 6.07) is 3.63. The number of hydrogen-bond donors (Lipinski definition) is 1. The van der Waals surface area contributed by atoms with E-state index in [1.807, 2.05) is 0 Å². The molecule has 0 bridgehead atoms. The normalized spacial score (nSPS) is 17.9. The molecule has 1 heterocycles. The summed E-state index contributed by atoms with van der Waals surface area (Å²) in [5, 5.41) is 14.0. The first-order valence-corrected chi connectivity index (χ1v) is 7.07. The fraction of sp³-hybridized carbons (Fsp3) is 0.643. The molecule has 0 amide bonds. The number of aromatic nitrogens is 1. The van der Waals surface area contributed by atoms with Gasteiger partial charge in [0.05, 0.1) is 4.92 Å². The van der Waals surface area contributed by atoms with E-state index in [0.29, 0.717) is 12.0 Å². The second-order valence-electron chi connectivity index (χ2n) is 5.22. The third-order valence-electron chi connectivity index (χ3n) is 3.95. The summed E-state index contributed by atoms with van der Waals surface area (Å²) in [7, 11) is 0. The maximum Gasteiger partial charge on any atom is 0.287 e. The number of nitro groups is 1. The molecule has 1 aromatic heterocycles. The Labute approximate surface area is 113 Å². The first kappa shape index (κ1) is 13.8. The van der Waals surface area contributed by atoms with Crippen molar-refractivity contribution in [3.05, 3.63) is 28.4 Å². The van der Waals surface area contributed by atoms with Crippen LogP contribution in [-0.4, -0.2) is 15.9 Å². The maximum absolute atomic E-state index is 10.6. The summed E-state index contributed by atoms with van der Waals surface area (Å²) in [6.07, 6.45) is 8.91. The molecule has 0 saturated heterocycles. The van der Waals surface area contributed by atoms with Gasteiger partial charge in [-0.1, -0.05) is 26.2 Å². The summed E-state index contributed by atoms with van der Waals surface area (Å²) in [5.74, 6) is 1.44. The molecule has 104 valence electrons. The Bertz CT molecular complexity index is 413. The second kappa shape index (κ2) is 6.50. The summed E-state index contributed by atoms with van der Waals surface area (Å²) in [5.41, 5.74) is 0.0382. The molecule has 1 fully saturated rings. The highest BCUT2D eigenvalue weighted by molar-refractivity contribution is 5.41. The minimum absolute atomic E-state index is 0.0382. The minimum atomic E-state index is -0.421. The zero-order valence-corrected chi connectivity index (χ0v) is 11.3. The standard InChI is InChI=1S/C14H21N3O2/c1-2-13(11-6-4-3-5-7-11)16-14-9-8-12(10-15-14)17(18)19/h8-11,13H,2-7H2,1H3,(H,15,16). The zero-order valence-electron chi connectivity index (χ0n) is 11.3. The number of anilines is 1. The van der Waals surface area contributed by atoms with Crippen molar-refractivity contribution in [2.24, 2.45) is 5.92 Å². The number of nitrogens with zero attached hydrogens (tertiary/aromatic N) is 2. The smallest absolute Gasteiger partial charge is 0.287 e. The molecule has 5 heteroatoms. The molecule has 1 aliphatic rings. The van der Waals surface area contributed by atoms with Crippen LogP contribution in [0.5, 0.6) is 0 Å². The first-order chi connectivity index (χ1) is 9.20. The van der Waals surface area contributed by atoms with Crippen molar-refractivity contribution >= 4 is 11.5 Å². The molecule has 0 spiro atoms. The Morgan fingerprint density at radius 1 is 1.42 bits per heavy atom. The van der Waals surface area contributed by atoms with Crippen molar-refractivity contribution in [1.82, 2.24) is 4.98 Å². The van der Waals surface area contributed by atoms with Crippen LogP contribution in [0.4, 0.5) is 11.5 Å². The minimum Gasteiger partial charge on any atom is -0.367 e. The van der Waals surface area contributed by atoms with Crippen LogP contribution in [0.1, 0.15) is 45.4 Å². The highest BCUT2D eigenvalue weighted by Crippen LogP contribution is 2.29. The molecular formula is C14H21N3O2. The summed E-state index contributed by atoms with van der Waals surface area (Å²) < 4.78 is 0. The van der Waals surface area contributed by atoms with Crippen molar-refractivity contribution in [2.45, 2.75) is 51.5 Å². The predicted octanol–water partition coefficient (Wildman–Crippen LogP) is 3.76. The lowest BCUT2D eigenvalue weighted by Crippen LogP contribution is -2.30. The highest BCUT2D eigenvalue weighted by Gasteiger charge is 2.22. The van der Waals surface area contributed by atoms with E-state index in [9.17, 15) is 10.1 Å². The quantitative estimate of drug-likeness (QED) is 0.648. The van der Waals surface area contributed by atoms with Gasteiger partial charge < -0.3 is 5.32 Å². The number of pyridine rings is 1. The van der Waals surface area contributed by atoms with Crippen LogP contribution < -0.4 is 5.32 Å². The Balaban J connectivity index is 1.99. The van der Waals surface area contributed by atoms with Gasteiger partial charge in [-0.05, 0) is 31.2 Å². The Morgan fingerprint density at radius 3 is 2.68 bits per heavy atom. The van der Waals surface area contributed by atoms with Crippen molar-refractivity contribution in [3.8, 4) is 0 Å². The van der Waals surface area contributed by atoms with Gasteiger partial charge >= 0.3 is 0 Å². The highest BCUT2D eigenvalue weighted by atomic mass is 16.6. The number of hydrogen-bond acceptors (Lipinski definition) is 4. The predicted molar refractivity (Wildman–Crippen MR) is 75.2 cm³/mol. The third-order valence-corrected chi connectivity index (χ3v) is 3.95. The van der Waals surface area contributed by atoms with Crippen molar-refractivity contribution in [1.29, 1.82) is 0 Å². The van der Waals surface area contributed by atoms with Crippen LogP contribution in [0.2, 0.25) is 0 Å². The van der Waals surface area contributed by atoms with Gasteiger partial charge in [-0.15, -0.1) is 0 Å². The summed E-state index contributed by atoms with van der Waals surface area (Å²) in [4.78, 5) is 14.3. The molecule has 1 aliphatic carbocycles. The van der Waals surface area contributed by atoms with E-state index >= 15 is 0 Å². The summed E-state index contributed by atoms with van der Waals surface area (Å²) >= 11 is 0. The molecule has 0 aliphatic heterocycles. The van der Waals surface area contributed by atoms with E-state index in [-0.39, 0.29) is 5.69 Å². The van der Waals surface area contributed by atoms with E-state index in [1.54, 1.807) is 6.07 Å². The van der Waals surface area contributed by atoms with E-state index in [0.717, 1.165) is 12.2 Å². The monoisotopic (exact) mass is 263 g/mol. The number of nitrogens with one attached hydrogen (secondary N) is 1. The Morgan fingerprint density at radius 2 is 2.16 bits per heavy atom. The molecule has 0 radical (unpaired) electrons. The second-order valence-corrected chi connectivity index (χ2v) is 5.22. The lowest BCUT2D eigenvalue weighted by molar-refractivity contribution is -0.385. The largest absolute Gasteiger partial charge is 0.367 e. The van der Waals surface area contributed by atoms with Gasteiger partial charge in [-0.25, -0.2) is 4.98 Å². The first-order valence-electron chi connectivity index (χ1n) is 7.07. The molecule has 19 heavy (non-hydrogen) atoms. The molecular weight excluding hydrogens is 242 g/mol. The van der Waals surface area contributed by atoms with Crippen LogP contribution in [0.15, 0.2) is 18.3 Å². The lowest BCUT2D eigenvalue weighted by Gasteiger charge is -2.30. The van der Waals surface area contributed by atoms with Gasteiger partial charge in [0.25, 0.3) is 5.69 Å². The van der Waals surface area contributed by atoms with Gasteiger partial charge in [-0.2, -0.15) is 0 Å². The van der Waals surface area contributed by atoms with E-state index < -0.39 is 4.92 Å². The fourth-order valence-electron chi connectivity index (χ4n) is 2.86. The van der Waals surface area contributed by atoms with Gasteiger partial charge in [0, 0.05) is 12.1 Å². The van der Waals surface area contributed by atoms with Gasteiger partial charge in [0.15, 0.2) is 0 Å². The molecule has 1 aromatic rings. The van der Waals surface area contributed by atoms with Crippen LogP contribution in [0.3, 0.4) is 0 Å². The average Bonchev–Trinajstić information content (AvgIpc) is 2.46. The molecule has 1 unspecified atom stereocenters. The number of rotatable bonds is 5. The fourth-order valence-corrected chi connectivity index (χ4v) is 2.86.